The molecule has 212 valence electrons. The molecule has 5 rings (SSSR count). The molecule has 2 N–H and O–H groups in total. The quantitative estimate of drug-likeness (QED) is 0.373. The van der Waals surface area contributed by atoms with Crippen LogP contribution in [-0.2, 0) is 17.5 Å². The van der Waals surface area contributed by atoms with Crippen LogP contribution in [0.4, 0.5) is 18.0 Å². The molecule has 1 aromatic heterocycles. The van der Waals surface area contributed by atoms with Crippen molar-refractivity contribution in [1.82, 2.24) is 24.9 Å². The third-order valence-corrected chi connectivity index (χ3v) is 8.13. The van der Waals surface area contributed by atoms with Gasteiger partial charge in [-0.1, -0.05) is 23.7 Å². The standard InChI is InChI=1S/C27H27ClF3N5O3S/c28-20-3-2-18(22(13-20)27(29,30)31)15-36-23-4-1-17(11-19(23)14-33-36)12-24-25(38)35(26(39)40-24)9-8-34-7-6-32-21(16-34)5-10-37/h1-4,11-14,21,32,37H,5-10,15-16H2. The molecule has 0 bridgehead atoms. The zero-order chi connectivity index (χ0) is 28.4. The van der Waals surface area contributed by atoms with Gasteiger partial charge in [0.05, 0.1) is 28.7 Å². The summed E-state index contributed by atoms with van der Waals surface area (Å²) >= 11 is 6.68. The van der Waals surface area contributed by atoms with Crippen LogP contribution in [0, 0.1) is 0 Å². The summed E-state index contributed by atoms with van der Waals surface area (Å²) < 4.78 is 42.1. The number of benzene rings is 2. The van der Waals surface area contributed by atoms with Crippen LogP contribution in [0.2, 0.25) is 5.02 Å². The minimum absolute atomic E-state index is 0.00550. The van der Waals surface area contributed by atoms with Crippen LogP contribution in [0.3, 0.4) is 0 Å². The van der Waals surface area contributed by atoms with Crippen molar-refractivity contribution in [3.05, 3.63) is 69.2 Å². The predicted octanol–water partition coefficient (Wildman–Crippen LogP) is 4.45. The highest BCUT2D eigenvalue weighted by Crippen LogP contribution is 2.35. The number of piperazine rings is 1. The fourth-order valence-electron chi connectivity index (χ4n) is 4.97. The van der Waals surface area contributed by atoms with Crippen LogP contribution in [-0.4, -0.2) is 81.2 Å². The fraction of sp³-hybridized carbons (Fsp3) is 0.370. The molecule has 2 aliphatic rings. The highest BCUT2D eigenvalue weighted by Gasteiger charge is 2.36. The minimum atomic E-state index is -4.55. The Hall–Kier alpha value is -2.90. The molecular formula is C27H27ClF3N5O3S. The Bertz CT molecular complexity index is 1460. The van der Waals surface area contributed by atoms with E-state index in [1.165, 1.54) is 21.7 Å². The molecule has 0 radical (unpaired) electrons. The summed E-state index contributed by atoms with van der Waals surface area (Å²) in [7, 11) is 0. The molecule has 1 atom stereocenters. The number of hydrogen-bond donors (Lipinski definition) is 2. The number of aliphatic hydroxyl groups excluding tert-OH is 1. The second-order valence-electron chi connectivity index (χ2n) is 9.72. The highest BCUT2D eigenvalue weighted by molar-refractivity contribution is 8.18. The lowest BCUT2D eigenvalue weighted by molar-refractivity contribution is -0.138. The Balaban J connectivity index is 1.28. The molecule has 1 unspecified atom stereocenters. The number of carbonyl (C=O) groups excluding carboxylic acids is 2. The number of carbonyl (C=O) groups is 2. The SMILES string of the molecule is O=C1SC(=Cc2ccc3c(cnn3Cc3ccc(Cl)cc3C(F)(F)F)c2)C(=O)N1CCN1CCNC(CCO)C1. The Morgan fingerprint density at radius 1 is 1.18 bits per heavy atom. The van der Waals surface area contributed by atoms with Gasteiger partial charge in [0.25, 0.3) is 11.1 Å². The lowest BCUT2D eigenvalue weighted by Gasteiger charge is -2.34. The number of nitrogens with one attached hydrogen (secondary N) is 1. The summed E-state index contributed by atoms with van der Waals surface area (Å²) in [4.78, 5) is 29.3. The van der Waals surface area contributed by atoms with Crippen molar-refractivity contribution in [3.8, 4) is 0 Å². The van der Waals surface area contributed by atoms with E-state index < -0.39 is 11.7 Å². The average molecular weight is 594 g/mol. The Labute approximate surface area is 237 Å². The lowest BCUT2D eigenvalue weighted by Crippen LogP contribution is -2.52. The molecule has 3 heterocycles. The van der Waals surface area contributed by atoms with E-state index >= 15 is 0 Å². The van der Waals surface area contributed by atoms with Gasteiger partial charge in [-0.05, 0) is 59.7 Å². The summed E-state index contributed by atoms with van der Waals surface area (Å²) in [5.74, 6) is -0.352. The number of alkyl halides is 3. The molecule has 2 aromatic carbocycles. The van der Waals surface area contributed by atoms with Gasteiger partial charge in [0.1, 0.15) is 0 Å². The molecule has 0 aliphatic carbocycles. The van der Waals surface area contributed by atoms with Crippen LogP contribution in [0.5, 0.6) is 0 Å². The van der Waals surface area contributed by atoms with Gasteiger partial charge < -0.3 is 10.4 Å². The monoisotopic (exact) mass is 593 g/mol. The van der Waals surface area contributed by atoms with Crippen molar-refractivity contribution in [1.29, 1.82) is 0 Å². The Morgan fingerprint density at radius 2 is 2.00 bits per heavy atom. The number of nitrogens with zero attached hydrogens (tertiary/aromatic N) is 4. The zero-order valence-electron chi connectivity index (χ0n) is 21.3. The van der Waals surface area contributed by atoms with Gasteiger partial charge in [0.15, 0.2) is 0 Å². The number of amides is 2. The molecule has 40 heavy (non-hydrogen) atoms. The molecule has 2 amide bonds. The third kappa shape index (κ3) is 6.36. The molecule has 0 spiro atoms. The van der Waals surface area contributed by atoms with Gasteiger partial charge in [-0.15, -0.1) is 0 Å². The summed E-state index contributed by atoms with van der Waals surface area (Å²) in [6.07, 6.45) is -0.698. The fourth-order valence-corrected chi connectivity index (χ4v) is 6.00. The van der Waals surface area contributed by atoms with E-state index in [2.05, 4.69) is 15.3 Å². The van der Waals surface area contributed by atoms with Crippen LogP contribution < -0.4 is 5.32 Å². The molecule has 13 heteroatoms. The number of aliphatic hydroxyl groups is 1. The number of hydrogen-bond acceptors (Lipinski definition) is 7. The molecule has 3 aromatic rings. The Morgan fingerprint density at radius 3 is 2.77 bits per heavy atom. The number of rotatable bonds is 8. The smallest absolute Gasteiger partial charge is 0.396 e. The minimum Gasteiger partial charge on any atom is -0.396 e. The first kappa shape index (κ1) is 28.6. The molecule has 2 aliphatic heterocycles. The number of fused-ring (bicyclic) bond motifs is 1. The van der Waals surface area contributed by atoms with E-state index in [9.17, 15) is 27.9 Å². The molecule has 2 saturated heterocycles. The second-order valence-corrected chi connectivity index (χ2v) is 11.1. The van der Waals surface area contributed by atoms with E-state index in [1.54, 1.807) is 30.5 Å². The van der Waals surface area contributed by atoms with Crippen molar-refractivity contribution in [2.75, 3.05) is 39.3 Å². The largest absolute Gasteiger partial charge is 0.416 e. The predicted molar refractivity (Wildman–Crippen MR) is 148 cm³/mol. The van der Waals surface area contributed by atoms with Crippen molar-refractivity contribution in [2.45, 2.75) is 25.2 Å². The summed E-state index contributed by atoms with van der Waals surface area (Å²) in [6, 6.07) is 9.11. The maximum Gasteiger partial charge on any atom is 0.416 e. The molecule has 8 nitrogen and oxygen atoms in total. The van der Waals surface area contributed by atoms with Gasteiger partial charge in [-0.2, -0.15) is 18.3 Å². The van der Waals surface area contributed by atoms with Gasteiger partial charge in [-0.3, -0.25) is 24.1 Å². The van der Waals surface area contributed by atoms with Crippen LogP contribution >= 0.6 is 23.4 Å². The van der Waals surface area contributed by atoms with Crippen molar-refractivity contribution in [3.63, 3.8) is 0 Å². The first-order valence-corrected chi connectivity index (χ1v) is 13.9. The van der Waals surface area contributed by atoms with E-state index in [0.717, 1.165) is 37.5 Å². The van der Waals surface area contributed by atoms with Crippen LogP contribution in [0.25, 0.3) is 17.0 Å². The average Bonchev–Trinajstić information content (AvgIpc) is 3.42. The van der Waals surface area contributed by atoms with Crippen molar-refractivity contribution in [2.24, 2.45) is 0 Å². The van der Waals surface area contributed by atoms with E-state index in [4.69, 9.17) is 11.6 Å². The van der Waals surface area contributed by atoms with Gasteiger partial charge in [0.2, 0.25) is 0 Å². The Kier molecular flexibility index (Phi) is 8.52. The molecular weight excluding hydrogens is 567 g/mol. The summed E-state index contributed by atoms with van der Waals surface area (Å²) in [6.45, 7) is 3.19. The number of aromatic nitrogens is 2. The van der Waals surface area contributed by atoms with Crippen molar-refractivity contribution < 1.29 is 27.9 Å². The van der Waals surface area contributed by atoms with E-state index in [0.29, 0.717) is 34.3 Å². The van der Waals surface area contributed by atoms with Gasteiger partial charge >= 0.3 is 6.18 Å². The number of halogens is 4. The van der Waals surface area contributed by atoms with Crippen LogP contribution in [0.1, 0.15) is 23.1 Å². The highest BCUT2D eigenvalue weighted by atomic mass is 35.5. The molecule has 0 saturated carbocycles. The van der Waals surface area contributed by atoms with Crippen molar-refractivity contribution >= 4 is 51.5 Å². The lowest BCUT2D eigenvalue weighted by atomic mass is 10.1. The van der Waals surface area contributed by atoms with Crippen LogP contribution in [0.15, 0.2) is 47.5 Å². The van der Waals surface area contributed by atoms with E-state index in [-0.39, 0.29) is 47.5 Å². The maximum atomic E-state index is 13.5. The first-order valence-electron chi connectivity index (χ1n) is 12.8. The van der Waals surface area contributed by atoms with Gasteiger partial charge in [-0.25, -0.2) is 0 Å². The number of thioether (sulfide) groups is 1. The summed E-state index contributed by atoms with van der Waals surface area (Å²) in [5.41, 5.74) is 0.542. The van der Waals surface area contributed by atoms with Gasteiger partial charge in [0, 0.05) is 55.8 Å². The molecule has 2 fully saturated rings. The third-order valence-electron chi connectivity index (χ3n) is 6.99. The summed E-state index contributed by atoms with van der Waals surface area (Å²) in [5, 5.41) is 17.2. The zero-order valence-corrected chi connectivity index (χ0v) is 22.9. The number of imide groups is 1. The first-order chi connectivity index (χ1) is 19.1. The normalized spacial score (nSPS) is 19.9. The van der Waals surface area contributed by atoms with E-state index in [1.807, 2.05) is 0 Å². The maximum absolute atomic E-state index is 13.5. The second kappa shape index (κ2) is 11.9. The topological polar surface area (TPSA) is 90.7 Å².